The Labute approximate surface area is 199 Å². The lowest BCUT2D eigenvalue weighted by molar-refractivity contribution is -0.141. The van der Waals surface area contributed by atoms with Gasteiger partial charge >= 0.3 is 6.18 Å². The highest BCUT2D eigenvalue weighted by Gasteiger charge is 2.36. The fourth-order valence-electron chi connectivity index (χ4n) is 4.12. The monoisotopic (exact) mass is 484 g/mol. The number of carbonyl (C=O) groups excluding carboxylic acids is 1. The zero-order valence-corrected chi connectivity index (χ0v) is 19.1. The zero-order valence-electron chi connectivity index (χ0n) is 19.1. The highest BCUT2D eigenvalue weighted by atomic mass is 19.4. The van der Waals surface area contributed by atoms with Gasteiger partial charge in [-0.25, -0.2) is 9.07 Å². The van der Waals surface area contributed by atoms with E-state index in [1.165, 1.54) is 36.2 Å². The summed E-state index contributed by atoms with van der Waals surface area (Å²) < 4.78 is 56.2. The first-order valence-electron chi connectivity index (χ1n) is 10.9. The molecule has 10 heteroatoms. The number of rotatable bonds is 5. The van der Waals surface area contributed by atoms with Crippen LogP contribution in [0.15, 0.2) is 42.5 Å². The molecule has 0 saturated heterocycles. The van der Waals surface area contributed by atoms with Gasteiger partial charge in [-0.3, -0.25) is 9.69 Å². The molecule has 2 heterocycles. The van der Waals surface area contributed by atoms with Crippen LogP contribution in [0, 0.1) is 23.1 Å². The lowest BCUT2D eigenvalue weighted by Gasteiger charge is -2.30. The van der Waals surface area contributed by atoms with E-state index in [1.807, 2.05) is 19.9 Å². The number of aromatic nitrogens is 2. The van der Waals surface area contributed by atoms with Crippen LogP contribution in [0.3, 0.4) is 0 Å². The fourth-order valence-corrected chi connectivity index (χ4v) is 4.12. The Kier molecular flexibility index (Phi) is 6.63. The van der Waals surface area contributed by atoms with Gasteiger partial charge in [0.15, 0.2) is 5.69 Å². The summed E-state index contributed by atoms with van der Waals surface area (Å²) in [6.07, 6.45) is -4.35. The van der Waals surface area contributed by atoms with Crippen molar-refractivity contribution in [2.75, 3.05) is 18.4 Å². The van der Waals surface area contributed by atoms with Crippen molar-refractivity contribution in [1.82, 2.24) is 14.7 Å². The minimum absolute atomic E-state index is 0.0960. The van der Waals surface area contributed by atoms with Gasteiger partial charge in [-0.1, -0.05) is 26.0 Å². The van der Waals surface area contributed by atoms with Crippen LogP contribution in [0.1, 0.15) is 46.7 Å². The number of alkyl halides is 3. The Morgan fingerprint density at radius 1 is 1.20 bits per heavy atom. The van der Waals surface area contributed by atoms with E-state index in [0.717, 1.165) is 16.8 Å². The van der Waals surface area contributed by atoms with Crippen molar-refractivity contribution in [3.05, 3.63) is 82.3 Å². The molecule has 0 saturated carbocycles. The third-order valence-electron chi connectivity index (χ3n) is 5.65. The van der Waals surface area contributed by atoms with E-state index in [0.29, 0.717) is 31.1 Å². The van der Waals surface area contributed by atoms with Crippen LogP contribution >= 0.6 is 0 Å². The number of carbonyl (C=O) groups is 1. The molecule has 35 heavy (non-hydrogen) atoms. The number of nitriles is 1. The Morgan fingerprint density at radius 3 is 2.66 bits per heavy atom. The second-order valence-corrected chi connectivity index (χ2v) is 8.67. The zero-order chi connectivity index (χ0) is 25.3. The van der Waals surface area contributed by atoms with Crippen molar-refractivity contribution >= 4 is 11.6 Å². The third-order valence-corrected chi connectivity index (χ3v) is 5.65. The first kappa shape index (κ1) is 24.4. The van der Waals surface area contributed by atoms with E-state index in [-0.39, 0.29) is 16.9 Å². The Morgan fingerprint density at radius 2 is 1.97 bits per heavy atom. The largest absolute Gasteiger partial charge is 0.435 e. The van der Waals surface area contributed by atoms with Gasteiger partial charge in [0.1, 0.15) is 11.5 Å². The van der Waals surface area contributed by atoms with Gasteiger partial charge in [-0.15, -0.1) is 0 Å². The maximum atomic E-state index is 15.3. The highest BCUT2D eigenvalue weighted by molar-refractivity contribution is 6.03. The first-order valence-corrected chi connectivity index (χ1v) is 10.9. The molecule has 0 bridgehead atoms. The summed E-state index contributed by atoms with van der Waals surface area (Å²) in [4.78, 5) is 15.2. The van der Waals surface area contributed by atoms with Crippen LogP contribution in [0.2, 0.25) is 0 Å². The molecule has 0 unspecified atom stereocenters. The lowest BCUT2D eigenvalue weighted by Crippen LogP contribution is -2.33. The van der Waals surface area contributed by atoms with E-state index in [2.05, 4.69) is 15.3 Å². The molecule has 4 rings (SSSR count). The van der Waals surface area contributed by atoms with Crippen molar-refractivity contribution < 1.29 is 22.4 Å². The van der Waals surface area contributed by atoms with Crippen LogP contribution in [0.5, 0.6) is 0 Å². The minimum Gasteiger partial charge on any atom is -0.318 e. The Hall–Kier alpha value is -3.71. The number of halogens is 4. The van der Waals surface area contributed by atoms with Crippen molar-refractivity contribution in [2.45, 2.75) is 33.0 Å². The molecule has 0 spiro atoms. The Balaban J connectivity index is 1.65. The smallest absolute Gasteiger partial charge is 0.318 e. The van der Waals surface area contributed by atoms with Crippen LogP contribution in [0.4, 0.5) is 23.2 Å². The molecule has 1 amide bonds. The normalized spacial score (nSPS) is 14.0. The number of nitrogens with zero attached hydrogens (tertiary/aromatic N) is 4. The van der Waals surface area contributed by atoms with Crippen LogP contribution in [0.25, 0.3) is 5.69 Å². The summed E-state index contributed by atoms with van der Waals surface area (Å²) in [7, 11) is 0. The van der Waals surface area contributed by atoms with E-state index < -0.39 is 29.3 Å². The van der Waals surface area contributed by atoms with E-state index in [1.54, 1.807) is 6.07 Å². The van der Waals surface area contributed by atoms with Crippen molar-refractivity contribution in [3.63, 3.8) is 0 Å². The number of amides is 1. The van der Waals surface area contributed by atoms with Crippen molar-refractivity contribution in [2.24, 2.45) is 0 Å². The van der Waals surface area contributed by atoms with Gasteiger partial charge in [0.2, 0.25) is 0 Å². The molecular formula is C25H22F4N5O. The van der Waals surface area contributed by atoms with Crippen molar-refractivity contribution in [3.8, 4) is 11.8 Å². The third kappa shape index (κ3) is 5.20. The number of hydrogen-bond donors (Lipinski definition) is 1. The van der Waals surface area contributed by atoms with Gasteiger partial charge in [0.05, 0.1) is 23.0 Å². The maximum absolute atomic E-state index is 15.3. The topological polar surface area (TPSA) is 74.0 Å². The molecule has 1 aliphatic rings. The maximum Gasteiger partial charge on any atom is 0.435 e. The molecule has 0 aliphatic carbocycles. The summed E-state index contributed by atoms with van der Waals surface area (Å²) in [5.41, 5.74) is -0.261. The van der Waals surface area contributed by atoms with E-state index in [4.69, 9.17) is 5.26 Å². The SMILES string of the molecule is C[C](C)CN1CCc2c(ccc(NC(=O)c3cc(C(F)(F)F)nn3-c3cccc(C#N)c3)c2F)C1. The fraction of sp³-hybridized carbons (Fsp3) is 0.280. The highest BCUT2D eigenvalue weighted by Crippen LogP contribution is 2.31. The lowest BCUT2D eigenvalue weighted by atomic mass is 9.97. The molecule has 1 N–H and O–H groups in total. The summed E-state index contributed by atoms with van der Waals surface area (Å²) in [6.45, 7) is 6.09. The first-order chi connectivity index (χ1) is 16.6. The summed E-state index contributed by atoms with van der Waals surface area (Å²) in [5.74, 6) is -0.308. The van der Waals surface area contributed by atoms with Gasteiger partial charge in [-0.2, -0.15) is 23.5 Å². The number of fused-ring (bicyclic) bond motifs is 1. The van der Waals surface area contributed by atoms with Gasteiger partial charge in [0.25, 0.3) is 5.91 Å². The minimum atomic E-state index is -4.80. The number of hydrogen-bond acceptors (Lipinski definition) is 4. The van der Waals surface area contributed by atoms with Crippen LogP contribution < -0.4 is 5.32 Å². The average Bonchev–Trinajstić information content (AvgIpc) is 3.27. The van der Waals surface area contributed by atoms with Crippen molar-refractivity contribution in [1.29, 1.82) is 5.26 Å². The summed E-state index contributed by atoms with van der Waals surface area (Å²) in [5, 5.41) is 15.1. The molecule has 6 nitrogen and oxygen atoms in total. The average molecular weight is 484 g/mol. The van der Waals surface area contributed by atoms with Gasteiger partial charge in [0, 0.05) is 25.7 Å². The molecule has 1 aliphatic heterocycles. The molecule has 0 atom stereocenters. The molecular weight excluding hydrogens is 462 g/mol. The quantitative estimate of drug-likeness (QED) is 0.510. The molecule has 3 aromatic rings. The predicted octanol–water partition coefficient (Wildman–Crippen LogP) is 5.13. The Bertz CT molecular complexity index is 1310. The second kappa shape index (κ2) is 9.50. The molecule has 1 radical (unpaired) electrons. The molecule has 1 aromatic heterocycles. The van der Waals surface area contributed by atoms with E-state index in [9.17, 15) is 18.0 Å². The summed E-state index contributed by atoms with van der Waals surface area (Å²) in [6, 6.07) is 11.3. The molecule has 181 valence electrons. The second-order valence-electron chi connectivity index (χ2n) is 8.67. The van der Waals surface area contributed by atoms with Gasteiger partial charge in [-0.05, 0) is 47.7 Å². The van der Waals surface area contributed by atoms with E-state index >= 15 is 4.39 Å². The standard InChI is InChI=1S/C25H22F4N5O/c1-15(2)13-33-9-8-19-17(14-33)6-7-20(23(19)26)31-24(35)21-11-22(25(27,28)29)32-34(21)18-5-3-4-16(10-18)12-30/h3-7,10-11H,8-9,13-14H2,1-2H3,(H,31,35). The van der Waals surface area contributed by atoms with Crippen LogP contribution in [-0.4, -0.2) is 33.7 Å². The number of nitrogens with one attached hydrogen (secondary N) is 1. The predicted molar refractivity (Wildman–Crippen MR) is 121 cm³/mol. The number of benzene rings is 2. The summed E-state index contributed by atoms with van der Waals surface area (Å²) >= 11 is 0. The number of anilines is 1. The van der Waals surface area contributed by atoms with Crippen LogP contribution in [-0.2, 0) is 19.1 Å². The molecule has 0 fully saturated rings. The molecule has 2 aromatic carbocycles. The van der Waals surface area contributed by atoms with Gasteiger partial charge < -0.3 is 5.32 Å².